The lowest BCUT2D eigenvalue weighted by molar-refractivity contribution is -0.00000802. The molecule has 0 aliphatic carbocycles. The fraction of sp³-hybridized carbons (Fsp3) is 0. The molecule has 0 amide bonds. The lowest BCUT2D eigenvalue weighted by atomic mass is 10.3. The number of halogens is 5. The van der Waals surface area contributed by atoms with Crippen LogP contribution in [0.2, 0.25) is 0 Å². The Morgan fingerprint density at radius 1 is 0.333 bits per heavy atom. The molecule has 0 aliphatic heterocycles. The quantitative estimate of drug-likeness (QED) is 0.332. The van der Waals surface area contributed by atoms with Crippen LogP contribution < -0.4 is 33.6 Å². The summed E-state index contributed by atoms with van der Waals surface area (Å²) >= 11 is 0. The standard InChI is InChI=1S/C24H16F4P.ClH/c25-17-1-9-21(10-2-17)29(22-11-3-18(26)4-12-22,23-13-5-19(27)6-14-23)24-15-7-20(28)8-16-24;/h1-16H;1H/q+1;/p-1. The zero-order valence-electron chi connectivity index (χ0n) is 15.6. The summed E-state index contributed by atoms with van der Waals surface area (Å²) in [5.74, 6) is -1.54. The lowest BCUT2D eigenvalue weighted by Crippen LogP contribution is -3.00. The van der Waals surface area contributed by atoms with Gasteiger partial charge in [0.2, 0.25) is 0 Å². The second-order valence-corrected chi connectivity index (χ2v) is 9.98. The summed E-state index contributed by atoms with van der Waals surface area (Å²) < 4.78 is 54.8. The third-order valence-corrected chi connectivity index (χ3v) is 9.15. The predicted molar refractivity (Wildman–Crippen MR) is 111 cm³/mol. The van der Waals surface area contributed by atoms with Crippen LogP contribution in [0.15, 0.2) is 97.1 Å². The van der Waals surface area contributed by atoms with Gasteiger partial charge in [0.15, 0.2) is 0 Å². The summed E-state index contributed by atoms with van der Waals surface area (Å²) in [7, 11) is -2.65. The van der Waals surface area contributed by atoms with Crippen LogP contribution in [-0.2, 0) is 0 Å². The number of benzene rings is 4. The Balaban J connectivity index is 0.00000256. The molecule has 0 saturated carbocycles. The highest BCUT2D eigenvalue weighted by atomic mass is 35.5. The molecule has 0 aliphatic rings. The van der Waals surface area contributed by atoms with Gasteiger partial charge in [0, 0.05) is 0 Å². The maximum Gasteiger partial charge on any atom is 0.144 e. The van der Waals surface area contributed by atoms with E-state index in [0.717, 1.165) is 21.2 Å². The van der Waals surface area contributed by atoms with Crippen molar-refractivity contribution < 1.29 is 30.0 Å². The minimum absolute atomic E-state index is 0. The first-order chi connectivity index (χ1) is 14.0. The maximum atomic E-state index is 13.7. The van der Waals surface area contributed by atoms with Crippen LogP contribution in [0.5, 0.6) is 0 Å². The molecule has 4 aromatic rings. The topological polar surface area (TPSA) is 0 Å². The number of rotatable bonds is 4. The molecule has 4 rings (SSSR count). The van der Waals surface area contributed by atoms with Crippen LogP contribution in [-0.4, -0.2) is 0 Å². The van der Waals surface area contributed by atoms with Gasteiger partial charge in [-0.25, -0.2) is 17.6 Å². The van der Waals surface area contributed by atoms with Gasteiger partial charge in [-0.3, -0.25) is 0 Å². The second kappa shape index (κ2) is 8.99. The normalized spacial score (nSPS) is 11.1. The summed E-state index contributed by atoms with van der Waals surface area (Å²) in [6, 6.07) is 24.3. The Hall–Kier alpha value is -2.68. The predicted octanol–water partition coefficient (Wildman–Crippen LogP) is 1.87. The molecule has 30 heavy (non-hydrogen) atoms. The van der Waals surface area contributed by atoms with Crippen LogP contribution in [0.1, 0.15) is 0 Å². The van der Waals surface area contributed by atoms with Gasteiger partial charge in [0.05, 0.1) is 0 Å². The van der Waals surface area contributed by atoms with Gasteiger partial charge in [-0.1, -0.05) is 0 Å². The van der Waals surface area contributed by atoms with Gasteiger partial charge in [0.1, 0.15) is 51.7 Å². The number of hydrogen-bond donors (Lipinski definition) is 0. The molecule has 0 heterocycles. The first-order valence-corrected chi connectivity index (χ1v) is 10.7. The van der Waals surface area contributed by atoms with Gasteiger partial charge in [-0.2, -0.15) is 0 Å². The van der Waals surface area contributed by atoms with Gasteiger partial charge in [-0.05, 0) is 97.1 Å². The molecule has 0 spiro atoms. The van der Waals surface area contributed by atoms with E-state index in [1.165, 1.54) is 48.5 Å². The molecule has 0 atom stereocenters. The molecular weight excluding hydrogens is 431 g/mol. The van der Waals surface area contributed by atoms with Crippen LogP contribution in [0.4, 0.5) is 17.6 Å². The molecular formula is C24H16ClF4P. The van der Waals surface area contributed by atoms with E-state index >= 15 is 0 Å². The zero-order chi connectivity index (χ0) is 20.4. The smallest absolute Gasteiger partial charge is 0.144 e. The Morgan fingerprint density at radius 2 is 0.500 bits per heavy atom. The van der Waals surface area contributed by atoms with E-state index in [9.17, 15) is 17.6 Å². The van der Waals surface area contributed by atoms with Crippen molar-refractivity contribution in [2.75, 3.05) is 0 Å². The van der Waals surface area contributed by atoms with Gasteiger partial charge in [0.25, 0.3) is 0 Å². The Morgan fingerprint density at radius 3 is 0.667 bits per heavy atom. The first kappa shape index (κ1) is 22.0. The van der Waals surface area contributed by atoms with E-state index in [1.807, 2.05) is 0 Å². The van der Waals surface area contributed by atoms with Gasteiger partial charge < -0.3 is 12.4 Å². The molecule has 0 fully saturated rings. The average molecular weight is 447 g/mol. The van der Waals surface area contributed by atoms with Crippen molar-refractivity contribution in [3.63, 3.8) is 0 Å². The van der Waals surface area contributed by atoms with Crippen LogP contribution in [0.25, 0.3) is 0 Å². The summed E-state index contributed by atoms with van der Waals surface area (Å²) in [5, 5.41) is 3.18. The van der Waals surface area contributed by atoms with Crippen LogP contribution in [0, 0.1) is 23.3 Å². The van der Waals surface area contributed by atoms with Crippen molar-refractivity contribution in [2.24, 2.45) is 0 Å². The van der Waals surface area contributed by atoms with Crippen LogP contribution >= 0.6 is 7.26 Å². The zero-order valence-corrected chi connectivity index (χ0v) is 17.2. The van der Waals surface area contributed by atoms with Crippen molar-refractivity contribution >= 4 is 28.5 Å². The minimum Gasteiger partial charge on any atom is -1.00 e. The Kier molecular flexibility index (Phi) is 6.60. The van der Waals surface area contributed by atoms with E-state index in [1.54, 1.807) is 48.5 Å². The fourth-order valence-electron chi connectivity index (χ4n) is 3.55. The SMILES string of the molecule is Fc1ccc([P+](c2ccc(F)cc2)(c2ccc(F)cc2)c2ccc(F)cc2)cc1.[Cl-]. The summed E-state index contributed by atoms with van der Waals surface area (Å²) in [4.78, 5) is 0. The van der Waals surface area contributed by atoms with Crippen molar-refractivity contribution in [1.82, 2.24) is 0 Å². The Bertz CT molecular complexity index is 922. The third kappa shape index (κ3) is 3.98. The lowest BCUT2D eigenvalue weighted by Gasteiger charge is -2.27. The molecule has 0 saturated heterocycles. The third-order valence-electron chi connectivity index (χ3n) is 4.86. The highest BCUT2D eigenvalue weighted by Crippen LogP contribution is 2.54. The Labute approximate surface area is 179 Å². The van der Waals surface area contributed by atoms with E-state index in [4.69, 9.17) is 0 Å². The molecule has 0 nitrogen and oxygen atoms in total. The first-order valence-electron chi connectivity index (χ1n) is 8.94. The number of hydrogen-bond acceptors (Lipinski definition) is 0. The van der Waals surface area contributed by atoms with E-state index in [2.05, 4.69) is 0 Å². The van der Waals surface area contributed by atoms with Crippen molar-refractivity contribution in [3.05, 3.63) is 120 Å². The summed E-state index contributed by atoms with van der Waals surface area (Å²) in [5.41, 5.74) is 0. The van der Waals surface area contributed by atoms with Gasteiger partial charge in [-0.15, -0.1) is 0 Å². The van der Waals surface area contributed by atoms with E-state index in [0.29, 0.717) is 0 Å². The minimum atomic E-state index is -2.65. The van der Waals surface area contributed by atoms with Crippen molar-refractivity contribution in [2.45, 2.75) is 0 Å². The highest BCUT2D eigenvalue weighted by molar-refractivity contribution is 8.01. The van der Waals surface area contributed by atoms with E-state index in [-0.39, 0.29) is 35.7 Å². The molecule has 0 unspecified atom stereocenters. The monoisotopic (exact) mass is 446 g/mol. The molecule has 0 radical (unpaired) electrons. The molecule has 152 valence electrons. The van der Waals surface area contributed by atoms with E-state index < -0.39 is 7.26 Å². The fourth-order valence-corrected chi connectivity index (χ4v) is 7.73. The molecule has 0 bridgehead atoms. The van der Waals surface area contributed by atoms with Crippen molar-refractivity contribution in [3.8, 4) is 0 Å². The molecule has 4 aromatic carbocycles. The van der Waals surface area contributed by atoms with Gasteiger partial charge >= 0.3 is 0 Å². The maximum absolute atomic E-state index is 13.7. The summed E-state index contributed by atoms with van der Waals surface area (Å²) in [6.07, 6.45) is 0. The second-order valence-electron chi connectivity index (χ2n) is 6.58. The average Bonchev–Trinajstić information content (AvgIpc) is 2.73. The molecule has 0 aromatic heterocycles. The van der Waals surface area contributed by atoms with Crippen molar-refractivity contribution in [1.29, 1.82) is 0 Å². The molecule has 0 N–H and O–H groups in total. The highest BCUT2D eigenvalue weighted by Gasteiger charge is 2.48. The summed E-state index contributed by atoms with van der Waals surface area (Å²) in [6.45, 7) is 0. The largest absolute Gasteiger partial charge is 1.00 e. The van der Waals surface area contributed by atoms with Crippen LogP contribution in [0.3, 0.4) is 0 Å². The molecule has 6 heteroatoms.